The standard InChI is InChI=1S/C25H25BrN2O2.C15H28N2O4/c1-3-4-6-17(2)25-27-24(28-30-25)21-10-9-20-15-23(12-11-19(20)14-21)29-16-18-7-5-8-22(26)13-18;1-9-10(2)11(16-12(18)20-14(3,4)5)17-13(19)21-15(6,7)8/h5,7-15,17H,3-4,6,16H2,1-2H3;10H,9H2,1-8H3,(H,16,17,18,19). The van der Waals surface area contributed by atoms with Gasteiger partial charge < -0.3 is 18.7 Å². The highest BCUT2D eigenvalue weighted by Gasteiger charge is 2.22. The van der Waals surface area contributed by atoms with E-state index in [0.29, 0.717) is 12.4 Å². The Labute approximate surface area is 310 Å². The first kappa shape index (κ1) is 41.2. The number of hydrogen-bond donors (Lipinski definition) is 1. The third kappa shape index (κ3) is 14.5. The van der Waals surface area contributed by atoms with E-state index in [2.05, 4.69) is 86.6 Å². The van der Waals surface area contributed by atoms with Gasteiger partial charge in [0.1, 0.15) is 29.4 Å². The second-order valence-electron chi connectivity index (χ2n) is 14.6. The molecule has 0 saturated heterocycles. The molecule has 1 heterocycles. The van der Waals surface area contributed by atoms with Crippen LogP contribution in [0.1, 0.15) is 112 Å². The predicted octanol–water partition coefficient (Wildman–Crippen LogP) is 11.4. The molecular formula is C40H53BrN4O6. The van der Waals surface area contributed by atoms with Crippen LogP contribution in [0.25, 0.3) is 22.2 Å². The zero-order valence-corrected chi connectivity index (χ0v) is 33.2. The minimum atomic E-state index is -0.728. The molecule has 51 heavy (non-hydrogen) atoms. The van der Waals surface area contributed by atoms with Crippen LogP contribution in [-0.2, 0) is 16.1 Å². The van der Waals surface area contributed by atoms with Crippen LogP contribution in [0, 0.1) is 5.92 Å². The van der Waals surface area contributed by atoms with Crippen molar-refractivity contribution in [2.45, 2.75) is 119 Å². The largest absolute Gasteiger partial charge is 0.489 e. The van der Waals surface area contributed by atoms with Crippen molar-refractivity contribution in [1.82, 2.24) is 15.5 Å². The molecule has 2 unspecified atom stereocenters. The van der Waals surface area contributed by atoms with Crippen molar-refractivity contribution in [3.8, 4) is 17.1 Å². The molecule has 10 nitrogen and oxygen atoms in total. The van der Waals surface area contributed by atoms with Crippen LogP contribution >= 0.6 is 15.9 Å². The quantitative estimate of drug-likeness (QED) is 0.125. The lowest BCUT2D eigenvalue weighted by molar-refractivity contribution is 0.0559. The van der Waals surface area contributed by atoms with E-state index in [1.165, 1.54) is 12.8 Å². The maximum Gasteiger partial charge on any atom is 0.435 e. The molecule has 4 aromatic rings. The zero-order valence-electron chi connectivity index (χ0n) is 31.6. The second kappa shape index (κ2) is 18.8. The number of amides is 2. The molecule has 0 aliphatic rings. The van der Waals surface area contributed by atoms with Gasteiger partial charge in [-0.25, -0.2) is 9.59 Å². The molecule has 0 radical (unpaired) electrons. The molecule has 4 rings (SSSR count). The fraction of sp³-hybridized carbons (Fsp3) is 0.475. The Hall–Kier alpha value is -4.25. The molecule has 2 amide bonds. The summed E-state index contributed by atoms with van der Waals surface area (Å²) >= 11 is 3.49. The summed E-state index contributed by atoms with van der Waals surface area (Å²) in [7, 11) is 0. The van der Waals surface area contributed by atoms with Crippen LogP contribution in [0.2, 0.25) is 0 Å². The highest BCUT2D eigenvalue weighted by atomic mass is 79.9. The summed E-state index contributed by atoms with van der Waals surface area (Å²) in [5.41, 5.74) is 0.841. The molecule has 0 aliphatic heterocycles. The average Bonchev–Trinajstić information content (AvgIpc) is 3.54. The molecule has 1 N–H and O–H groups in total. The van der Waals surface area contributed by atoms with Crippen LogP contribution in [-0.4, -0.2) is 39.4 Å². The molecule has 276 valence electrons. The third-order valence-electron chi connectivity index (χ3n) is 7.53. The number of alkyl carbamates (subject to hydrolysis) is 1. The predicted molar refractivity (Wildman–Crippen MR) is 206 cm³/mol. The fourth-order valence-electron chi connectivity index (χ4n) is 4.68. The van der Waals surface area contributed by atoms with E-state index in [4.69, 9.17) is 18.7 Å². The number of hydrogen-bond acceptors (Lipinski definition) is 8. The summed E-state index contributed by atoms with van der Waals surface area (Å²) in [4.78, 5) is 32.0. The van der Waals surface area contributed by atoms with E-state index in [-0.39, 0.29) is 17.7 Å². The van der Waals surface area contributed by atoms with Crippen LogP contribution in [0.15, 0.2) is 74.7 Å². The Morgan fingerprint density at radius 1 is 0.922 bits per heavy atom. The van der Waals surface area contributed by atoms with Gasteiger partial charge in [-0.15, -0.1) is 0 Å². The van der Waals surface area contributed by atoms with Crippen molar-refractivity contribution in [2.75, 3.05) is 0 Å². The van der Waals surface area contributed by atoms with Crippen molar-refractivity contribution in [3.63, 3.8) is 0 Å². The van der Waals surface area contributed by atoms with Crippen molar-refractivity contribution in [3.05, 3.63) is 76.6 Å². The number of fused-ring (bicyclic) bond motifs is 1. The van der Waals surface area contributed by atoms with Crippen molar-refractivity contribution in [2.24, 2.45) is 10.9 Å². The van der Waals surface area contributed by atoms with Crippen LogP contribution in [0.5, 0.6) is 5.75 Å². The van der Waals surface area contributed by atoms with Gasteiger partial charge in [0.25, 0.3) is 0 Å². The van der Waals surface area contributed by atoms with E-state index >= 15 is 0 Å². The van der Waals surface area contributed by atoms with Gasteiger partial charge in [0.05, 0.1) is 0 Å². The van der Waals surface area contributed by atoms with Gasteiger partial charge in [-0.3, -0.25) is 5.32 Å². The number of unbranched alkanes of at least 4 members (excludes halogenated alkanes) is 1. The number of rotatable bonds is 10. The van der Waals surface area contributed by atoms with E-state index in [9.17, 15) is 9.59 Å². The van der Waals surface area contributed by atoms with Gasteiger partial charge >= 0.3 is 12.2 Å². The van der Waals surface area contributed by atoms with Crippen molar-refractivity contribution in [1.29, 1.82) is 0 Å². The summed E-state index contributed by atoms with van der Waals surface area (Å²) in [5.74, 6) is 2.66. The summed E-state index contributed by atoms with van der Waals surface area (Å²) in [6.45, 7) is 19.2. The minimum Gasteiger partial charge on any atom is -0.489 e. The number of halogens is 1. The Kier molecular flexibility index (Phi) is 15.2. The Morgan fingerprint density at radius 3 is 2.25 bits per heavy atom. The van der Waals surface area contributed by atoms with E-state index in [1.807, 2.05) is 38.1 Å². The number of ether oxygens (including phenoxy) is 3. The van der Waals surface area contributed by atoms with E-state index in [1.54, 1.807) is 41.5 Å². The summed E-state index contributed by atoms with van der Waals surface area (Å²) in [6, 6.07) is 20.5. The van der Waals surface area contributed by atoms with Gasteiger partial charge in [-0.1, -0.05) is 92.0 Å². The van der Waals surface area contributed by atoms with Gasteiger partial charge in [-0.2, -0.15) is 9.98 Å². The fourth-order valence-corrected chi connectivity index (χ4v) is 5.13. The zero-order chi connectivity index (χ0) is 37.8. The highest BCUT2D eigenvalue weighted by Crippen LogP contribution is 2.28. The Morgan fingerprint density at radius 2 is 1.61 bits per heavy atom. The summed E-state index contributed by atoms with van der Waals surface area (Å²) in [5, 5.41) is 8.96. The highest BCUT2D eigenvalue weighted by molar-refractivity contribution is 9.10. The number of benzene rings is 3. The third-order valence-corrected chi connectivity index (χ3v) is 8.03. The first-order chi connectivity index (χ1) is 24.0. The molecule has 0 fully saturated rings. The van der Waals surface area contributed by atoms with Crippen molar-refractivity contribution >= 4 is 44.7 Å². The van der Waals surface area contributed by atoms with E-state index < -0.39 is 23.4 Å². The topological polar surface area (TPSA) is 125 Å². The Bertz CT molecular complexity index is 1770. The van der Waals surface area contributed by atoms with Gasteiger partial charge in [0.2, 0.25) is 11.7 Å². The van der Waals surface area contributed by atoms with Crippen LogP contribution in [0.3, 0.4) is 0 Å². The molecule has 0 spiro atoms. The first-order valence-electron chi connectivity index (χ1n) is 17.5. The lowest BCUT2D eigenvalue weighted by Gasteiger charge is -2.22. The van der Waals surface area contributed by atoms with E-state index in [0.717, 1.165) is 50.9 Å². The number of aromatic nitrogens is 2. The number of carbonyl (C=O) groups excluding carboxylic acids is 2. The molecule has 11 heteroatoms. The molecule has 0 aliphatic carbocycles. The van der Waals surface area contributed by atoms with Crippen molar-refractivity contribution < 1.29 is 28.3 Å². The summed E-state index contributed by atoms with van der Waals surface area (Å²) in [6.07, 6.45) is 2.76. The monoisotopic (exact) mass is 764 g/mol. The first-order valence-corrected chi connectivity index (χ1v) is 18.3. The second-order valence-corrected chi connectivity index (χ2v) is 15.5. The maximum absolute atomic E-state index is 11.8. The molecule has 3 aromatic carbocycles. The molecule has 0 saturated carbocycles. The molecule has 0 bridgehead atoms. The van der Waals surface area contributed by atoms with Gasteiger partial charge in [-0.05, 0) is 101 Å². The lowest BCUT2D eigenvalue weighted by atomic mass is 10.0. The molecule has 2 atom stereocenters. The smallest absolute Gasteiger partial charge is 0.435 e. The molecule has 1 aromatic heterocycles. The number of amidine groups is 1. The number of nitrogens with one attached hydrogen (secondary N) is 1. The summed E-state index contributed by atoms with van der Waals surface area (Å²) < 4.78 is 22.8. The number of aliphatic imine (C=N–C) groups is 1. The van der Waals surface area contributed by atoms with Gasteiger partial charge in [0, 0.05) is 21.9 Å². The maximum atomic E-state index is 11.8. The lowest BCUT2D eigenvalue weighted by Crippen LogP contribution is -2.39. The molecular weight excluding hydrogens is 712 g/mol. The average molecular weight is 766 g/mol. The SMILES string of the molecule is CCC(C)/C(=N/C(=O)OC(C)(C)C)NC(=O)OC(C)(C)C.CCCCC(C)c1nc(-c2ccc3cc(OCc4cccc(Br)c4)ccc3c2)no1. The minimum absolute atomic E-state index is 0.0926. The van der Waals surface area contributed by atoms with Crippen LogP contribution < -0.4 is 10.1 Å². The van der Waals surface area contributed by atoms with Gasteiger partial charge in [0.15, 0.2) is 0 Å². The number of carbonyl (C=O) groups is 2. The Balaban J connectivity index is 0.000000297. The number of nitrogens with zero attached hydrogens (tertiary/aromatic N) is 3. The normalized spacial score (nSPS) is 13.1. The van der Waals surface area contributed by atoms with Crippen LogP contribution in [0.4, 0.5) is 9.59 Å².